The first-order valence-electron chi connectivity index (χ1n) is 5.63. The van der Waals surface area contributed by atoms with Crippen molar-refractivity contribution in [3.05, 3.63) is 34.3 Å². The van der Waals surface area contributed by atoms with Crippen LogP contribution in [0.25, 0.3) is 0 Å². The van der Waals surface area contributed by atoms with E-state index in [-0.39, 0.29) is 51.0 Å². The summed E-state index contributed by atoms with van der Waals surface area (Å²) in [5, 5.41) is 0. The van der Waals surface area contributed by atoms with Crippen LogP contribution in [0.5, 0.6) is 0 Å². The summed E-state index contributed by atoms with van der Waals surface area (Å²) in [7, 11) is -1.09. The number of hydrogen-bond donors (Lipinski definition) is 0. The molecule has 0 aromatic heterocycles. The molecule has 0 nitrogen and oxygen atoms in total. The molecule has 0 N–H and O–H groups in total. The van der Waals surface area contributed by atoms with Gasteiger partial charge >= 0.3 is 26.2 Å². The van der Waals surface area contributed by atoms with Gasteiger partial charge in [0, 0.05) is 10.8 Å². The van der Waals surface area contributed by atoms with E-state index in [1.54, 1.807) is 10.5 Å². The van der Waals surface area contributed by atoms with Crippen molar-refractivity contribution in [2.75, 3.05) is 0 Å². The maximum atomic E-state index is 2.49. The summed E-state index contributed by atoms with van der Waals surface area (Å²) in [5.74, 6) is 0.636. The van der Waals surface area contributed by atoms with E-state index in [0.717, 1.165) is 4.87 Å². The van der Waals surface area contributed by atoms with E-state index >= 15 is 0 Å². The number of rotatable bonds is 1. The van der Waals surface area contributed by atoms with Crippen LogP contribution in [-0.4, -0.2) is 12.9 Å². The monoisotopic (exact) mass is 396 g/mol. The van der Waals surface area contributed by atoms with Gasteiger partial charge in [0.15, 0.2) is 0 Å². The Hall–Kier alpha value is 1.25. The maximum Gasteiger partial charge on any atom is 2.00 e. The van der Waals surface area contributed by atoms with Gasteiger partial charge < -0.3 is 24.8 Å². The molecule has 5 heteroatoms. The van der Waals surface area contributed by atoms with E-state index < -0.39 is 8.07 Å². The Morgan fingerprint density at radius 1 is 1.17 bits per heavy atom. The van der Waals surface area contributed by atoms with Crippen molar-refractivity contribution in [2.24, 2.45) is 5.92 Å². The molecule has 0 amide bonds. The molecule has 0 bridgehead atoms. The first kappa shape index (κ1) is 21.5. The molecular weight excluding hydrogens is 378 g/mol. The predicted molar refractivity (Wildman–Crippen MR) is 73.8 cm³/mol. The van der Waals surface area contributed by atoms with Crippen LogP contribution in [0.3, 0.4) is 0 Å². The fourth-order valence-corrected chi connectivity index (χ4v) is 6.92. The third kappa shape index (κ3) is 4.12. The first-order chi connectivity index (χ1) is 6.91. The minimum Gasteiger partial charge on any atom is -1.00 e. The molecule has 1 aliphatic heterocycles. The van der Waals surface area contributed by atoms with Crippen LogP contribution in [0, 0.1) is 5.92 Å². The Morgan fingerprint density at radius 3 is 2.17 bits per heavy atom. The molecule has 1 aliphatic carbocycles. The predicted octanol–water partition coefficient (Wildman–Crippen LogP) is -1.61. The molecule has 2 aliphatic rings. The van der Waals surface area contributed by atoms with Crippen molar-refractivity contribution in [1.82, 2.24) is 0 Å². The maximum absolute atomic E-state index is 2.49. The van der Waals surface area contributed by atoms with Gasteiger partial charge in [0.05, 0.1) is 8.07 Å². The van der Waals surface area contributed by atoms with Crippen molar-refractivity contribution in [1.29, 1.82) is 0 Å². The molecule has 0 aromatic rings. The second-order valence-corrected chi connectivity index (χ2v) is 12.7. The minimum atomic E-state index is -1.09. The Kier molecular flexibility index (Phi) is 9.43. The van der Waals surface area contributed by atoms with E-state index in [4.69, 9.17) is 0 Å². The smallest absolute Gasteiger partial charge is 1.00 e. The number of allylic oxidation sites excluding steroid dienone is 5. The second kappa shape index (κ2) is 7.88. The van der Waals surface area contributed by atoms with Gasteiger partial charge in [-0.15, -0.1) is 11.8 Å². The summed E-state index contributed by atoms with van der Waals surface area (Å²) < 4.78 is 0. The van der Waals surface area contributed by atoms with Crippen molar-refractivity contribution >= 4 is 19.8 Å². The summed E-state index contributed by atoms with van der Waals surface area (Å²) in [5.41, 5.74) is 3.24. The summed E-state index contributed by atoms with van der Waals surface area (Å²) in [6.45, 7) is 12.0. The largest absolute Gasteiger partial charge is 2.00 e. The molecule has 1 saturated heterocycles. The zero-order valence-electron chi connectivity index (χ0n) is 11.6. The second-order valence-electron chi connectivity index (χ2n) is 5.75. The van der Waals surface area contributed by atoms with Crippen molar-refractivity contribution < 1.29 is 51.0 Å². The number of fused-ring (bicyclic) bond motifs is 1. The van der Waals surface area contributed by atoms with Gasteiger partial charge in [-0.2, -0.15) is 0 Å². The average molecular weight is 399 g/mol. The van der Waals surface area contributed by atoms with E-state index in [1.807, 2.05) is 0 Å². The van der Waals surface area contributed by atoms with Crippen LogP contribution in [0.2, 0.25) is 19.6 Å². The molecule has 0 saturated carbocycles. The SMILES string of the molecule is CC(C)=C1C2C=CC=C2SC1[Si](C)(C)C.[Cl-].[Cl-].[Zr+2]. The van der Waals surface area contributed by atoms with Crippen LogP contribution in [-0.2, 0) is 26.2 Å². The molecule has 0 aromatic carbocycles. The summed E-state index contributed by atoms with van der Waals surface area (Å²) in [6.07, 6.45) is 6.89. The molecule has 1 fully saturated rings. The molecule has 2 unspecified atom stereocenters. The van der Waals surface area contributed by atoms with E-state index in [9.17, 15) is 0 Å². The third-order valence-corrected chi connectivity index (χ3v) is 8.62. The van der Waals surface area contributed by atoms with Crippen LogP contribution < -0.4 is 24.8 Å². The van der Waals surface area contributed by atoms with E-state index in [0.29, 0.717) is 5.92 Å². The molecule has 1 heterocycles. The Bertz CT molecular complexity index is 379. The van der Waals surface area contributed by atoms with Crippen molar-refractivity contribution in [3.63, 3.8) is 0 Å². The van der Waals surface area contributed by atoms with Crippen LogP contribution in [0.15, 0.2) is 34.3 Å². The Balaban J connectivity index is 0. The van der Waals surface area contributed by atoms with Gasteiger partial charge in [-0.3, -0.25) is 0 Å². The molecule has 0 radical (unpaired) electrons. The average Bonchev–Trinajstić information content (AvgIpc) is 2.56. The van der Waals surface area contributed by atoms with E-state index in [1.165, 1.54) is 5.57 Å². The standard InChI is InChI=1S/C13H20SSi.2ClH.Zr/c1-9(2)12-10-7-6-8-11(10)14-13(12)15(3,4)5;;;/h6-8,10,13H,1-5H3;2*1H;/q;;;+2/p-2. The Morgan fingerprint density at radius 2 is 1.72 bits per heavy atom. The quantitative estimate of drug-likeness (QED) is 0.378. The molecule has 0 spiro atoms. The summed E-state index contributed by atoms with van der Waals surface area (Å²) in [4.78, 5) is 2.38. The number of halogens is 2. The normalized spacial score (nSPS) is 24.5. The van der Waals surface area contributed by atoms with Gasteiger partial charge in [-0.1, -0.05) is 43.4 Å². The number of hydrogen-bond acceptors (Lipinski definition) is 1. The first-order valence-corrected chi connectivity index (χ1v) is 10.1. The fraction of sp³-hybridized carbons (Fsp3) is 0.538. The Labute approximate surface area is 148 Å². The minimum absolute atomic E-state index is 0. The van der Waals surface area contributed by atoms with Crippen molar-refractivity contribution in [2.45, 2.75) is 38.4 Å². The van der Waals surface area contributed by atoms with Gasteiger partial charge in [-0.25, -0.2) is 0 Å². The van der Waals surface area contributed by atoms with Gasteiger partial charge in [0.1, 0.15) is 0 Å². The fourth-order valence-electron chi connectivity index (χ4n) is 2.41. The van der Waals surface area contributed by atoms with E-state index in [2.05, 4.69) is 63.5 Å². The summed E-state index contributed by atoms with van der Waals surface area (Å²) >= 11 is 2.13. The van der Waals surface area contributed by atoms with Gasteiger partial charge in [0.25, 0.3) is 0 Å². The third-order valence-electron chi connectivity index (χ3n) is 3.11. The molecule has 2 rings (SSSR count). The van der Waals surface area contributed by atoms with Crippen LogP contribution >= 0.6 is 11.8 Å². The molecular formula is C13H20Cl2SSiZr. The van der Waals surface area contributed by atoms with Gasteiger partial charge in [0.2, 0.25) is 0 Å². The molecule has 100 valence electrons. The van der Waals surface area contributed by atoms with Crippen LogP contribution in [0.4, 0.5) is 0 Å². The number of thioether (sulfide) groups is 1. The zero-order valence-corrected chi connectivity index (χ0v) is 17.3. The molecule has 2 atom stereocenters. The zero-order chi connectivity index (χ0) is 11.2. The topological polar surface area (TPSA) is 0 Å². The summed E-state index contributed by atoms with van der Waals surface area (Å²) in [6, 6.07) is 0. The van der Waals surface area contributed by atoms with Crippen molar-refractivity contribution in [3.8, 4) is 0 Å². The van der Waals surface area contributed by atoms with Gasteiger partial charge in [-0.05, 0) is 24.3 Å². The molecule has 18 heavy (non-hydrogen) atoms. The van der Waals surface area contributed by atoms with Crippen LogP contribution in [0.1, 0.15) is 13.8 Å².